The summed E-state index contributed by atoms with van der Waals surface area (Å²) in [6.45, 7) is -0.190. The van der Waals surface area contributed by atoms with E-state index in [0.717, 1.165) is 23.0 Å². The predicted molar refractivity (Wildman–Crippen MR) is 95.1 cm³/mol. The van der Waals surface area contributed by atoms with Crippen molar-refractivity contribution in [2.75, 3.05) is 7.11 Å². The highest BCUT2D eigenvalue weighted by Gasteiger charge is 2.42. The van der Waals surface area contributed by atoms with Crippen molar-refractivity contribution in [1.82, 2.24) is 4.31 Å². The van der Waals surface area contributed by atoms with E-state index in [1.54, 1.807) is 24.3 Å². The van der Waals surface area contributed by atoms with Crippen LogP contribution >= 0.6 is 11.6 Å². The summed E-state index contributed by atoms with van der Waals surface area (Å²) in [6.07, 6.45) is -4.70. The maximum absolute atomic E-state index is 13.2. The maximum atomic E-state index is 13.2. The van der Waals surface area contributed by atoms with E-state index in [1.807, 2.05) is 0 Å². The third kappa shape index (κ3) is 3.74. The van der Waals surface area contributed by atoms with E-state index < -0.39 is 38.7 Å². The second-order valence-electron chi connectivity index (χ2n) is 6.21. The van der Waals surface area contributed by atoms with Crippen molar-refractivity contribution in [3.8, 4) is 0 Å². The lowest BCUT2D eigenvalue weighted by Crippen LogP contribution is -2.49. The van der Waals surface area contributed by atoms with Crippen LogP contribution in [-0.4, -0.2) is 31.8 Å². The molecule has 3 rings (SSSR count). The first-order valence-electron chi connectivity index (χ1n) is 8.09. The number of hydrogen-bond donors (Lipinski definition) is 0. The highest BCUT2D eigenvalue weighted by molar-refractivity contribution is 7.89. The number of halogens is 4. The lowest BCUT2D eigenvalue weighted by molar-refractivity contribution is -0.145. The van der Waals surface area contributed by atoms with Crippen molar-refractivity contribution in [1.29, 1.82) is 0 Å². The van der Waals surface area contributed by atoms with Crippen LogP contribution in [0.5, 0.6) is 0 Å². The molecule has 1 aliphatic rings. The summed E-state index contributed by atoms with van der Waals surface area (Å²) in [4.78, 5) is 11.5. The monoisotopic (exact) mass is 433 g/mol. The molecule has 10 heteroatoms. The number of esters is 1. The average molecular weight is 434 g/mol. The fourth-order valence-electron chi connectivity index (χ4n) is 3.09. The van der Waals surface area contributed by atoms with Gasteiger partial charge in [-0.2, -0.15) is 17.5 Å². The van der Waals surface area contributed by atoms with Crippen LogP contribution in [0.4, 0.5) is 13.2 Å². The van der Waals surface area contributed by atoms with E-state index in [2.05, 4.69) is 0 Å². The van der Waals surface area contributed by atoms with Gasteiger partial charge in [-0.1, -0.05) is 35.9 Å². The molecule has 0 bridgehead atoms. The minimum atomic E-state index is -4.74. The van der Waals surface area contributed by atoms with Crippen molar-refractivity contribution in [3.05, 3.63) is 64.2 Å². The molecule has 0 spiro atoms. The molecule has 28 heavy (non-hydrogen) atoms. The van der Waals surface area contributed by atoms with Gasteiger partial charge in [0, 0.05) is 13.0 Å². The number of nitrogens with zero attached hydrogens (tertiary/aromatic N) is 1. The molecule has 0 saturated carbocycles. The Morgan fingerprint density at radius 1 is 1.18 bits per heavy atom. The van der Waals surface area contributed by atoms with E-state index in [-0.39, 0.29) is 18.0 Å². The number of sulfonamides is 1. The number of carbonyl (C=O) groups is 1. The summed E-state index contributed by atoms with van der Waals surface area (Å²) in [5.74, 6) is -0.804. The van der Waals surface area contributed by atoms with Crippen molar-refractivity contribution in [2.45, 2.75) is 30.1 Å². The standard InChI is InChI=1S/C18H15ClF3NO4S/c1-27-17(24)15-8-11-4-2-3-5-12(11)10-23(15)28(25,26)16-9-13(18(20,21)22)6-7-14(16)19/h2-7,9,15H,8,10H2,1H3/t15-/m1/s1. The van der Waals surface area contributed by atoms with E-state index in [9.17, 15) is 26.4 Å². The fourth-order valence-corrected chi connectivity index (χ4v) is 5.15. The molecule has 0 aliphatic carbocycles. The third-order valence-electron chi connectivity index (χ3n) is 4.52. The minimum absolute atomic E-state index is 0.0403. The molecule has 0 fully saturated rings. The fraction of sp³-hybridized carbons (Fsp3) is 0.278. The molecule has 2 aromatic carbocycles. The molecule has 5 nitrogen and oxygen atoms in total. The number of hydrogen-bond acceptors (Lipinski definition) is 4. The first-order valence-corrected chi connectivity index (χ1v) is 9.90. The van der Waals surface area contributed by atoms with Gasteiger partial charge in [0.15, 0.2) is 0 Å². The second kappa shape index (κ2) is 7.38. The molecule has 0 aromatic heterocycles. The van der Waals surface area contributed by atoms with Crippen molar-refractivity contribution in [2.24, 2.45) is 0 Å². The van der Waals surface area contributed by atoms with Crippen molar-refractivity contribution in [3.63, 3.8) is 0 Å². The highest BCUT2D eigenvalue weighted by Crippen LogP contribution is 2.36. The Morgan fingerprint density at radius 2 is 1.82 bits per heavy atom. The van der Waals surface area contributed by atoms with Crippen LogP contribution in [0.15, 0.2) is 47.4 Å². The van der Waals surface area contributed by atoms with Gasteiger partial charge in [0.1, 0.15) is 10.9 Å². The Kier molecular flexibility index (Phi) is 5.44. The lowest BCUT2D eigenvalue weighted by atomic mass is 9.96. The van der Waals surface area contributed by atoms with Gasteiger partial charge in [-0.15, -0.1) is 0 Å². The predicted octanol–water partition coefficient (Wildman–Crippen LogP) is 3.65. The topological polar surface area (TPSA) is 63.7 Å². The number of methoxy groups -OCH3 is 1. The molecular weight excluding hydrogens is 419 g/mol. The van der Waals surface area contributed by atoms with Crippen LogP contribution in [0.3, 0.4) is 0 Å². The Bertz CT molecular complexity index is 1020. The smallest absolute Gasteiger partial charge is 0.416 e. The molecule has 1 heterocycles. The number of carbonyl (C=O) groups excluding carboxylic acids is 1. The Hall–Kier alpha value is -2.10. The molecule has 0 saturated heterocycles. The first-order chi connectivity index (χ1) is 13.1. The molecule has 0 radical (unpaired) electrons. The number of alkyl halides is 3. The first kappa shape index (κ1) is 20.6. The van der Waals surface area contributed by atoms with Crippen LogP contribution in [-0.2, 0) is 38.7 Å². The van der Waals surface area contributed by atoms with E-state index in [0.29, 0.717) is 17.7 Å². The number of benzene rings is 2. The molecule has 1 aliphatic heterocycles. The molecule has 0 amide bonds. The van der Waals surface area contributed by atoms with Gasteiger partial charge in [0.2, 0.25) is 10.0 Å². The lowest BCUT2D eigenvalue weighted by Gasteiger charge is -2.34. The zero-order valence-corrected chi connectivity index (χ0v) is 16.1. The summed E-state index contributed by atoms with van der Waals surface area (Å²) in [5.41, 5.74) is 0.260. The quantitative estimate of drug-likeness (QED) is 0.693. The van der Waals surface area contributed by atoms with Crippen molar-refractivity contribution >= 4 is 27.6 Å². The van der Waals surface area contributed by atoms with Gasteiger partial charge >= 0.3 is 12.1 Å². The van der Waals surface area contributed by atoms with Gasteiger partial charge in [-0.3, -0.25) is 4.79 Å². The molecule has 1 atom stereocenters. The van der Waals surface area contributed by atoms with E-state index >= 15 is 0 Å². The van der Waals surface area contributed by atoms with Gasteiger partial charge < -0.3 is 4.74 Å². The molecule has 2 aromatic rings. The largest absolute Gasteiger partial charge is 0.468 e. The van der Waals surface area contributed by atoms with Crippen LogP contribution in [0.25, 0.3) is 0 Å². The van der Waals surface area contributed by atoms with E-state index in [4.69, 9.17) is 16.3 Å². The van der Waals surface area contributed by atoms with Crippen LogP contribution in [0.1, 0.15) is 16.7 Å². The number of fused-ring (bicyclic) bond motifs is 1. The zero-order chi connectivity index (χ0) is 20.7. The maximum Gasteiger partial charge on any atom is 0.416 e. The molecule has 150 valence electrons. The van der Waals surface area contributed by atoms with Gasteiger partial charge in [-0.25, -0.2) is 8.42 Å². The van der Waals surface area contributed by atoms with Crippen LogP contribution < -0.4 is 0 Å². The summed E-state index contributed by atoms with van der Waals surface area (Å²) in [5, 5.41) is -0.365. The Labute approximate surface area is 164 Å². The summed E-state index contributed by atoms with van der Waals surface area (Å²) in [7, 11) is -3.41. The third-order valence-corrected chi connectivity index (χ3v) is 6.86. The SMILES string of the molecule is COC(=O)[C@H]1Cc2ccccc2CN1S(=O)(=O)c1cc(C(F)(F)F)ccc1Cl. The molecule has 0 unspecified atom stereocenters. The summed E-state index contributed by atoms with van der Waals surface area (Å²) >= 11 is 5.92. The minimum Gasteiger partial charge on any atom is -0.468 e. The number of rotatable bonds is 3. The van der Waals surface area contributed by atoms with E-state index in [1.165, 1.54) is 0 Å². The summed E-state index contributed by atoms with van der Waals surface area (Å²) < 4.78 is 71.1. The second-order valence-corrected chi connectivity index (χ2v) is 8.47. The summed E-state index contributed by atoms with van der Waals surface area (Å²) in [6, 6.07) is 7.75. The van der Waals surface area contributed by atoms with Crippen LogP contribution in [0.2, 0.25) is 5.02 Å². The molecular formula is C18H15ClF3NO4S. The number of ether oxygens (including phenoxy) is 1. The zero-order valence-electron chi connectivity index (χ0n) is 14.5. The van der Waals surface area contributed by atoms with Crippen LogP contribution in [0, 0.1) is 0 Å². The van der Waals surface area contributed by atoms with Crippen molar-refractivity contribution < 1.29 is 31.1 Å². The van der Waals surface area contributed by atoms with Gasteiger partial charge in [0.05, 0.1) is 17.7 Å². The van der Waals surface area contributed by atoms with Gasteiger partial charge in [0.25, 0.3) is 0 Å². The normalized spacial score (nSPS) is 17.8. The average Bonchev–Trinajstić information content (AvgIpc) is 2.65. The highest BCUT2D eigenvalue weighted by atomic mass is 35.5. The Morgan fingerprint density at radius 3 is 2.43 bits per heavy atom. The Balaban J connectivity index is 2.13. The van der Waals surface area contributed by atoms with Gasteiger partial charge in [-0.05, 0) is 29.3 Å². The molecule has 0 N–H and O–H groups in total.